The topological polar surface area (TPSA) is 33.6 Å². The second-order valence-corrected chi connectivity index (χ2v) is 5.58. The van der Waals surface area contributed by atoms with Gasteiger partial charge in [-0.2, -0.15) is 5.10 Å². The van der Waals surface area contributed by atoms with Crippen molar-refractivity contribution in [3.8, 4) is 5.75 Å². The molecule has 0 unspecified atom stereocenters. The number of rotatable bonds is 7. The molecule has 3 nitrogen and oxygen atoms in total. The van der Waals surface area contributed by atoms with Crippen molar-refractivity contribution in [1.29, 1.82) is 0 Å². The van der Waals surface area contributed by atoms with Crippen LogP contribution < -0.4 is 10.2 Å². The summed E-state index contributed by atoms with van der Waals surface area (Å²) < 4.78 is 5.61. The van der Waals surface area contributed by atoms with E-state index in [0.717, 1.165) is 36.4 Å². The first-order valence-electron chi connectivity index (χ1n) is 7.16. The van der Waals surface area contributed by atoms with Crippen LogP contribution in [0.15, 0.2) is 47.6 Å². The van der Waals surface area contributed by atoms with Crippen LogP contribution in [0, 0.1) is 0 Å². The Hall–Kier alpha value is -1.71. The molecule has 0 aliphatic rings. The Morgan fingerprint density at radius 1 is 1.09 bits per heavy atom. The zero-order chi connectivity index (χ0) is 15.8. The highest BCUT2D eigenvalue weighted by molar-refractivity contribution is 6.42. The van der Waals surface area contributed by atoms with Gasteiger partial charge in [0.15, 0.2) is 0 Å². The predicted octanol–water partition coefficient (Wildman–Crippen LogP) is 5.62. The van der Waals surface area contributed by atoms with Crippen LogP contribution in [-0.2, 0) is 0 Å². The van der Waals surface area contributed by atoms with Crippen LogP contribution >= 0.6 is 23.2 Å². The van der Waals surface area contributed by atoms with E-state index in [4.69, 9.17) is 27.9 Å². The Bertz CT molecular complexity index is 627. The van der Waals surface area contributed by atoms with Gasteiger partial charge in [-0.3, -0.25) is 5.43 Å². The van der Waals surface area contributed by atoms with E-state index in [9.17, 15) is 0 Å². The number of hydrogen-bond donors (Lipinski definition) is 1. The van der Waals surface area contributed by atoms with E-state index in [0.29, 0.717) is 10.0 Å². The van der Waals surface area contributed by atoms with Gasteiger partial charge in [-0.05, 0) is 54.4 Å². The Balaban J connectivity index is 1.88. The zero-order valence-corrected chi connectivity index (χ0v) is 13.9. The number of hydrazone groups is 1. The Labute approximate surface area is 140 Å². The molecule has 0 heterocycles. The highest BCUT2D eigenvalue weighted by atomic mass is 35.5. The normalized spacial score (nSPS) is 10.9. The first kappa shape index (κ1) is 16.7. The standard InChI is InChI=1S/C17H18Cl2N2O/c1-2-3-10-22-15-7-4-13(5-8-15)12-20-21-14-6-9-16(18)17(19)11-14/h4-9,11-12,21H,2-3,10H2,1H3. The van der Waals surface area contributed by atoms with E-state index < -0.39 is 0 Å². The number of nitrogens with zero attached hydrogens (tertiary/aromatic N) is 1. The van der Waals surface area contributed by atoms with Crippen molar-refractivity contribution >= 4 is 35.1 Å². The molecule has 0 aromatic heterocycles. The molecule has 0 bridgehead atoms. The van der Waals surface area contributed by atoms with Gasteiger partial charge in [0.05, 0.1) is 28.6 Å². The van der Waals surface area contributed by atoms with Crippen LogP contribution in [0.5, 0.6) is 5.75 Å². The quantitative estimate of drug-likeness (QED) is 0.404. The van der Waals surface area contributed by atoms with Crippen LogP contribution in [0.3, 0.4) is 0 Å². The van der Waals surface area contributed by atoms with Crippen LogP contribution in [-0.4, -0.2) is 12.8 Å². The van der Waals surface area contributed by atoms with Gasteiger partial charge in [-0.25, -0.2) is 0 Å². The third-order valence-electron chi connectivity index (χ3n) is 2.97. The molecule has 0 fully saturated rings. The van der Waals surface area contributed by atoms with Gasteiger partial charge in [0.2, 0.25) is 0 Å². The molecule has 5 heteroatoms. The maximum atomic E-state index is 5.94. The fourth-order valence-corrected chi connectivity index (χ4v) is 2.03. The van der Waals surface area contributed by atoms with Crippen molar-refractivity contribution in [2.75, 3.05) is 12.0 Å². The first-order chi connectivity index (χ1) is 10.7. The van der Waals surface area contributed by atoms with Crippen LogP contribution in [0.4, 0.5) is 5.69 Å². The van der Waals surface area contributed by atoms with Crippen molar-refractivity contribution in [3.05, 3.63) is 58.1 Å². The van der Waals surface area contributed by atoms with Gasteiger partial charge >= 0.3 is 0 Å². The number of nitrogens with one attached hydrogen (secondary N) is 1. The summed E-state index contributed by atoms with van der Waals surface area (Å²) in [5, 5.41) is 5.19. The molecule has 0 aliphatic carbocycles. The zero-order valence-electron chi connectivity index (χ0n) is 12.4. The molecule has 2 aromatic rings. The van der Waals surface area contributed by atoms with Gasteiger partial charge in [0, 0.05) is 0 Å². The molecule has 0 amide bonds. The summed E-state index contributed by atoms with van der Waals surface area (Å²) in [5.74, 6) is 0.878. The maximum absolute atomic E-state index is 5.94. The fraction of sp³-hybridized carbons (Fsp3) is 0.235. The molecular weight excluding hydrogens is 319 g/mol. The highest BCUT2D eigenvalue weighted by Gasteiger charge is 1.98. The number of halogens is 2. The molecule has 2 rings (SSSR count). The minimum absolute atomic E-state index is 0.496. The average Bonchev–Trinajstić information content (AvgIpc) is 2.53. The van der Waals surface area contributed by atoms with Gasteiger partial charge in [-0.1, -0.05) is 36.5 Å². The average molecular weight is 337 g/mol. The number of hydrogen-bond acceptors (Lipinski definition) is 3. The summed E-state index contributed by atoms with van der Waals surface area (Å²) in [5.41, 5.74) is 4.68. The van der Waals surface area contributed by atoms with E-state index >= 15 is 0 Å². The number of benzene rings is 2. The van der Waals surface area contributed by atoms with E-state index in [1.54, 1.807) is 18.3 Å². The van der Waals surface area contributed by atoms with Crippen molar-refractivity contribution in [2.24, 2.45) is 5.10 Å². The van der Waals surface area contributed by atoms with E-state index in [1.165, 1.54) is 0 Å². The van der Waals surface area contributed by atoms with E-state index in [-0.39, 0.29) is 0 Å². The maximum Gasteiger partial charge on any atom is 0.119 e. The second-order valence-electron chi connectivity index (χ2n) is 4.77. The molecule has 0 radical (unpaired) electrons. The molecule has 0 spiro atoms. The lowest BCUT2D eigenvalue weighted by molar-refractivity contribution is 0.309. The minimum atomic E-state index is 0.496. The second kappa shape index (κ2) is 8.66. The predicted molar refractivity (Wildman–Crippen MR) is 94.5 cm³/mol. The first-order valence-corrected chi connectivity index (χ1v) is 7.91. The molecule has 0 aliphatic heterocycles. The summed E-state index contributed by atoms with van der Waals surface area (Å²) in [7, 11) is 0. The van der Waals surface area contributed by atoms with Gasteiger partial charge in [0.25, 0.3) is 0 Å². The van der Waals surface area contributed by atoms with Crippen molar-refractivity contribution in [1.82, 2.24) is 0 Å². The van der Waals surface area contributed by atoms with E-state index in [1.807, 2.05) is 30.3 Å². The third kappa shape index (κ3) is 5.24. The summed E-state index contributed by atoms with van der Waals surface area (Å²) in [4.78, 5) is 0. The summed E-state index contributed by atoms with van der Waals surface area (Å²) in [6.45, 7) is 2.90. The lowest BCUT2D eigenvalue weighted by atomic mass is 10.2. The van der Waals surface area contributed by atoms with E-state index in [2.05, 4.69) is 17.5 Å². The lowest BCUT2D eigenvalue weighted by Gasteiger charge is -2.05. The SMILES string of the molecule is CCCCOc1ccc(C=NNc2ccc(Cl)c(Cl)c2)cc1. The highest BCUT2D eigenvalue weighted by Crippen LogP contribution is 2.24. The Morgan fingerprint density at radius 3 is 2.55 bits per heavy atom. The van der Waals surface area contributed by atoms with Crippen LogP contribution in [0.25, 0.3) is 0 Å². The minimum Gasteiger partial charge on any atom is -0.494 e. The molecule has 0 atom stereocenters. The largest absolute Gasteiger partial charge is 0.494 e. The summed E-state index contributed by atoms with van der Waals surface area (Å²) in [6.07, 6.45) is 3.93. The molecule has 116 valence electrons. The van der Waals surface area contributed by atoms with Gasteiger partial charge in [-0.15, -0.1) is 0 Å². The van der Waals surface area contributed by atoms with Crippen LogP contribution in [0.2, 0.25) is 10.0 Å². The summed E-state index contributed by atoms with van der Waals surface area (Å²) >= 11 is 11.8. The smallest absolute Gasteiger partial charge is 0.119 e. The fourth-order valence-electron chi connectivity index (χ4n) is 1.73. The van der Waals surface area contributed by atoms with Crippen LogP contribution in [0.1, 0.15) is 25.3 Å². The van der Waals surface area contributed by atoms with Crippen molar-refractivity contribution < 1.29 is 4.74 Å². The number of anilines is 1. The number of unbranched alkanes of at least 4 members (excludes halogenated alkanes) is 1. The van der Waals surface area contributed by atoms with Crippen molar-refractivity contribution in [2.45, 2.75) is 19.8 Å². The Morgan fingerprint density at radius 2 is 1.86 bits per heavy atom. The number of ether oxygens (including phenoxy) is 1. The van der Waals surface area contributed by atoms with Gasteiger partial charge in [0.1, 0.15) is 5.75 Å². The molecule has 0 saturated heterocycles. The third-order valence-corrected chi connectivity index (χ3v) is 3.71. The molecule has 0 saturated carbocycles. The summed E-state index contributed by atoms with van der Waals surface area (Å²) in [6, 6.07) is 13.1. The van der Waals surface area contributed by atoms with Crippen molar-refractivity contribution in [3.63, 3.8) is 0 Å². The molecule has 1 N–H and O–H groups in total. The van der Waals surface area contributed by atoms with Gasteiger partial charge < -0.3 is 4.74 Å². The Kier molecular flexibility index (Phi) is 6.56. The molecule has 22 heavy (non-hydrogen) atoms. The monoisotopic (exact) mass is 336 g/mol. The molecule has 2 aromatic carbocycles. The molecular formula is C17H18Cl2N2O. The lowest BCUT2D eigenvalue weighted by Crippen LogP contribution is -1.96.